The molecule has 0 saturated heterocycles. The lowest BCUT2D eigenvalue weighted by molar-refractivity contribution is 0.355. The van der Waals surface area contributed by atoms with E-state index in [0.29, 0.717) is 28.0 Å². The Bertz CT molecular complexity index is 1470. The van der Waals surface area contributed by atoms with Gasteiger partial charge in [-0.3, -0.25) is 0 Å². The summed E-state index contributed by atoms with van der Waals surface area (Å²) in [7, 11) is 4.86. The highest BCUT2D eigenvalue weighted by Gasteiger charge is 2.12. The molecule has 0 fully saturated rings. The van der Waals surface area contributed by atoms with Crippen LogP contribution in [0.2, 0.25) is 0 Å². The summed E-state index contributed by atoms with van der Waals surface area (Å²) in [6, 6.07) is 21.3. The first kappa shape index (κ1) is 20.1. The van der Waals surface area contributed by atoms with E-state index in [1.54, 1.807) is 32.7 Å². The number of thiazole rings is 1. The molecule has 2 aromatic heterocycles. The van der Waals surface area contributed by atoms with Crippen molar-refractivity contribution in [2.24, 2.45) is 4.99 Å². The molecule has 0 unspecified atom stereocenters. The van der Waals surface area contributed by atoms with Crippen molar-refractivity contribution in [2.45, 2.75) is 0 Å². The number of methoxy groups -OCH3 is 3. The molecule has 0 radical (unpaired) electrons. The molecule has 32 heavy (non-hydrogen) atoms. The Morgan fingerprint density at radius 1 is 0.844 bits per heavy atom. The van der Waals surface area contributed by atoms with Gasteiger partial charge in [0.25, 0.3) is 0 Å². The lowest BCUT2D eigenvalue weighted by Gasteiger charge is -2.10. The van der Waals surface area contributed by atoms with E-state index < -0.39 is 0 Å². The molecule has 0 N–H and O–H groups in total. The Morgan fingerprint density at radius 3 is 2.47 bits per heavy atom. The lowest BCUT2D eigenvalue weighted by atomic mass is 10.1. The second kappa shape index (κ2) is 8.36. The van der Waals surface area contributed by atoms with Crippen LogP contribution in [0.4, 0.5) is 5.13 Å². The summed E-state index contributed by atoms with van der Waals surface area (Å²) in [5.74, 6) is 2.66. The first-order valence-electron chi connectivity index (χ1n) is 9.93. The molecular formula is C25H20N2O4S. The van der Waals surface area contributed by atoms with Gasteiger partial charge in [0.15, 0.2) is 11.5 Å². The summed E-state index contributed by atoms with van der Waals surface area (Å²) in [5, 5.41) is 2.27. The third-order valence-electron chi connectivity index (χ3n) is 5.12. The van der Waals surface area contributed by atoms with Crippen LogP contribution in [-0.4, -0.2) is 26.3 Å². The standard InChI is InChI=1S/C25H20N2O4S/c1-28-16-9-11-20-17(13-16)19(27-25-26-18-6-4-5-7-24(18)32-25)14-22(31-20)15-8-10-21(29-2)23(12-15)30-3/h4-14H,1-3H3. The topological polar surface area (TPSA) is 66.1 Å². The van der Waals surface area contributed by atoms with Gasteiger partial charge in [-0.2, -0.15) is 0 Å². The van der Waals surface area contributed by atoms with Crippen molar-refractivity contribution in [2.75, 3.05) is 21.3 Å². The van der Waals surface area contributed by atoms with Crippen LogP contribution in [-0.2, 0) is 0 Å². The molecule has 0 saturated carbocycles. The van der Waals surface area contributed by atoms with Crippen LogP contribution < -0.4 is 19.6 Å². The molecule has 0 aliphatic carbocycles. The Kier molecular flexibility index (Phi) is 5.25. The van der Waals surface area contributed by atoms with Crippen molar-refractivity contribution in [1.29, 1.82) is 0 Å². The van der Waals surface area contributed by atoms with E-state index in [-0.39, 0.29) is 0 Å². The molecule has 6 nitrogen and oxygen atoms in total. The van der Waals surface area contributed by atoms with Gasteiger partial charge in [-0.05, 0) is 48.5 Å². The average molecular weight is 445 g/mol. The number of rotatable bonds is 5. The van der Waals surface area contributed by atoms with Crippen LogP contribution >= 0.6 is 11.3 Å². The van der Waals surface area contributed by atoms with Gasteiger partial charge >= 0.3 is 0 Å². The summed E-state index contributed by atoms with van der Waals surface area (Å²) in [5.41, 5.74) is 2.47. The number of ether oxygens (including phenoxy) is 3. The molecule has 2 heterocycles. The maximum absolute atomic E-state index is 6.23. The predicted molar refractivity (Wildman–Crippen MR) is 126 cm³/mol. The van der Waals surface area contributed by atoms with Crippen molar-refractivity contribution < 1.29 is 18.6 Å². The summed E-state index contributed by atoms with van der Waals surface area (Å²) in [4.78, 5) is 9.54. The zero-order valence-electron chi connectivity index (χ0n) is 17.8. The molecule has 0 aliphatic heterocycles. The second-order valence-corrected chi connectivity index (χ2v) is 8.01. The van der Waals surface area contributed by atoms with Gasteiger partial charge in [-0.15, -0.1) is 0 Å². The summed E-state index contributed by atoms with van der Waals surface area (Å²) in [6.45, 7) is 0. The zero-order chi connectivity index (χ0) is 22.1. The zero-order valence-corrected chi connectivity index (χ0v) is 18.6. The fourth-order valence-electron chi connectivity index (χ4n) is 3.51. The Labute approximate surface area is 188 Å². The SMILES string of the molecule is COc1ccc2oc(-c3ccc(OC)c(OC)c3)cc(=Nc3nc4ccccc4s3)c2c1. The maximum atomic E-state index is 6.23. The number of para-hydroxylation sites is 1. The highest BCUT2D eigenvalue weighted by atomic mass is 32.1. The van der Waals surface area contributed by atoms with E-state index >= 15 is 0 Å². The Morgan fingerprint density at radius 2 is 1.69 bits per heavy atom. The maximum Gasteiger partial charge on any atom is 0.210 e. The van der Waals surface area contributed by atoms with Gasteiger partial charge in [-0.25, -0.2) is 9.98 Å². The molecule has 5 rings (SSSR count). The van der Waals surface area contributed by atoms with Crippen LogP contribution in [0.25, 0.3) is 32.5 Å². The second-order valence-electron chi connectivity index (χ2n) is 7.00. The van der Waals surface area contributed by atoms with E-state index in [1.165, 1.54) is 0 Å². The molecule has 0 atom stereocenters. The number of hydrogen-bond acceptors (Lipinski definition) is 7. The largest absolute Gasteiger partial charge is 0.497 e. The first-order chi connectivity index (χ1) is 15.7. The van der Waals surface area contributed by atoms with Crippen LogP contribution in [0.5, 0.6) is 17.2 Å². The Hall–Kier alpha value is -3.84. The third-order valence-corrected chi connectivity index (χ3v) is 6.05. The summed E-state index contributed by atoms with van der Waals surface area (Å²) in [6.07, 6.45) is 0. The van der Waals surface area contributed by atoms with Gasteiger partial charge in [0.05, 0.1) is 36.9 Å². The molecule has 0 aliphatic rings. The third kappa shape index (κ3) is 3.67. The number of nitrogens with zero attached hydrogens (tertiary/aromatic N) is 2. The number of hydrogen-bond donors (Lipinski definition) is 0. The van der Waals surface area contributed by atoms with Crippen molar-refractivity contribution in [1.82, 2.24) is 4.98 Å². The van der Waals surface area contributed by atoms with Crippen LogP contribution in [0, 0.1) is 0 Å². The molecule has 0 bridgehead atoms. The lowest BCUT2D eigenvalue weighted by Crippen LogP contribution is -2.03. The van der Waals surface area contributed by atoms with Crippen molar-refractivity contribution >= 4 is 37.7 Å². The smallest absolute Gasteiger partial charge is 0.210 e. The van der Waals surface area contributed by atoms with Crippen molar-refractivity contribution in [3.05, 3.63) is 72.1 Å². The van der Waals surface area contributed by atoms with E-state index in [1.807, 2.05) is 66.7 Å². The highest BCUT2D eigenvalue weighted by Crippen LogP contribution is 2.33. The number of benzene rings is 3. The molecule has 0 amide bonds. The van der Waals surface area contributed by atoms with E-state index in [9.17, 15) is 0 Å². The predicted octanol–water partition coefficient (Wildman–Crippen LogP) is 5.97. The molecule has 7 heteroatoms. The molecule has 160 valence electrons. The van der Waals surface area contributed by atoms with Gasteiger partial charge < -0.3 is 18.6 Å². The van der Waals surface area contributed by atoms with Gasteiger partial charge in [0, 0.05) is 17.0 Å². The fraction of sp³-hybridized carbons (Fsp3) is 0.120. The first-order valence-corrected chi connectivity index (χ1v) is 10.7. The molecule has 5 aromatic rings. The van der Waals surface area contributed by atoms with Gasteiger partial charge in [-0.1, -0.05) is 23.5 Å². The number of fused-ring (bicyclic) bond motifs is 2. The van der Waals surface area contributed by atoms with E-state index in [0.717, 1.165) is 32.3 Å². The Balaban J connectivity index is 1.74. The monoisotopic (exact) mass is 444 g/mol. The van der Waals surface area contributed by atoms with Gasteiger partial charge in [0.2, 0.25) is 5.13 Å². The summed E-state index contributed by atoms with van der Waals surface area (Å²) < 4.78 is 23.6. The average Bonchev–Trinajstić information content (AvgIpc) is 3.25. The van der Waals surface area contributed by atoms with Crippen molar-refractivity contribution in [3.63, 3.8) is 0 Å². The van der Waals surface area contributed by atoms with E-state index in [2.05, 4.69) is 4.98 Å². The van der Waals surface area contributed by atoms with Crippen LogP contribution in [0.15, 0.2) is 76.1 Å². The molecule has 3 aromatic carbocycles. The van der Waals surface area contributed by atoms with Crippen LogP contribution in [0.1, 0.15) is 0 Å². The summed E-state index contributed by atoms with van der Waals surface area (Å²) >= 11 is 1.55. The normalized spacial score (nSPS) is 11.8. The molecular weight excluding hydrogens is 424 g/mol. The minimum absolute atomic E-state index is 0.625. The minimum Gasteiger partial charge on any atom is -0.497 e. The van der Waals surface area contributed by atoms with Crippen molar-refractivity contribution in [3.8, 4) is 28.6 Å². The number of aromatic nitrogens is 1. The van der Waals surface area contributed by atoms with Gasteiger partial charge in [0.1, 0.15) is 17.1 Å². The van der Waals surface area contributed by atoms with Crippen LogP contribution in [0.3, 0.4) is 0 Å². The quantitative estimate of drug-likeness (QED) is 0.334. The highest BCUT2D eigenvalue weighted by molar-refractivity contribution is 7.21. The van der Waals surface area contributed by atoms with E-state index in [4.69, 9.17) is 23.6 Å². The minimum atomic E-state index is 0.625. The molecule has 0 spiro atoms. The fourth-order valence-corrected chi connectivity index (χ4v) is 4.36.